The van der Waals surface area contributed by atoms with E-state index >= 15 is 0 Å². The van der Waals surface area contributed by atoms with Crippen LogP contribution in [0, 0.1) is 5.92 Å². The minimum atomic E-state index is 0. The third-order valence-electron chi connectivity index (χ3n) is 4.94. The number of halogens is 2. The first-order valence-corrected chi connectivity index (χ1v) is 8.26. The molecule has 1 atom stereocenters. The highest BCUT2D eigenvalue weighted by atomic mass is 35.5. The third-order valence-corrected chi connectivity index (χ3v) is 5.20. The highest BCUT2D eigenvalue weighted by Crippen LogP contribution is 2.49. The van der Waals surface area contributed by atoms with Crippen LogP contribution >= 0.6 is 24.0 Å². The van der Waals surface area contributed by atoms with Crippen LogP contribution in [0.1, 0.15) is 51.5 Å². The van der Waals surface area contributed by atoms with Crippen molar-refractivity contribution >= 4 is 24.0 Å². The van der Waals surface area contributed by atoms with Crippen LogP contribution in [-0.4, -0.2) is 25.0 Å². The molecule has 3 heteroatoms. The first kappa shape index (κ1) is 18.8. The van der Waals surface area contributed by atoms with Crippen LogP contribution in [0.2, 0.25) is 5.02 Å². The van der Waals surface area contributed by atoms with Crippen LogP contribution in [0.3, 0.4) is 0 Å². The third kappa shape index (κ3) is 4.15. The van der Waals surface area contributed by atoms with Gasteiger partial charge >= 0.3 is 0 Å². The van der Waals surface area contributed by atoms with Crippen molar-refractivity contribution in [2.45, 2.75) is 57.4 Å². The average Bonchev–Trinajstić information content (AvgIpc) is 2.33. The predicted molar refractivity (Wildman–Crippen MR) is 95.8 cm³/mol. The summed E-state index contributed by atoms with van der Waals surface area (Å²) in [4.78, 5) is 2.44. The lowest BCUT2D eigenvalue weighted by molar-refractivity contribution is 0.0859. The van der Waals surface area contributed by atoms with E-state index in [1.54, 1.807) is 0 Å². The van der Waals surface area contributed by atoms with E-state index in [0.717, 1.165) is 10.9 Å². The summed E-state index contributed by atoms with van der Waals surface area (Å²) in [6, 6.07) is 9.22. The molecular formula is C18H29Cl2N. The molecule has 1 saturated carbocycles. The number of nitrogens with zero attached hydrogens (tertiary/aromatic N) is 1. The molecule has 0 bridgehead atoms. The standard InChI is InChI=1S/C18H28ClN.ClH/c1-14(2)6-11-17(20(3)4)18(12-5-13-18)15-7-9-16(19)10-8-15;/h7-10,14,17H,5-6,11-13H2,1-4H3;1H. The van der Waals surface area contributed by atoms with Gasteiger partial charge in [-0.3, -0.25) is 0 Å². The number of benzene rings is 1. The first-order chi connectivity index (χ1) is 9.45. The fourth-order valence-electron chi connectivity index (χ4n) is 3.67. The summed E-state index contributed by atoms with van der Waals surface area (Å²) >= 11 is 6.06. The van der Waals surface area contributed by atoms with Crippen molar-refractivity contribution in [3.8, 4) is 0 Å². The Morgan fingerprint density at radius 1 is 1.10 bits per heavy atom. The van der Waals surface area contributed by atoms with Crippen LogP contribution in [-0.2, 0) is 5.41 Å². The zero-order chi connectivity index (χ0) is 14.8. The smallest absolute Gasteiger partial charge is 0.0406 e. The van der Waals surface area contributed by atoms with Crippen molar-refractivity contribution in [3.05, 3.63) is 34.9 Å². The predicted octanol–water partition coefficient (Wildman–Crippen LogP) is 5.55. The van der Waals surface area contributed by atoms with Crippen LogP contribution in [0.4, 0.5) is 0 Å². The fourth-order valence-corrected chi connectivity index (χ4v) is 3.80. The minimum Gasteiger partial charge on any atom is -0.306 e. The zero-order valence-electron chi connectivity index (χ0n) is 13.7. The molecule has 1 unspecified atom stereocenters. The van der Waals surface area contributed by atoms with Gasteiger partial charge in [0.25, 0.3) is 0 Å². The number of hydrogen-bond acceptors (Lipinski definition) is 1. The van der Waals surface area contributed by atoms with Crippen molar-refractivity contribution < 1.29 is 0 Å². The second kappa shape index (κ2) is 7.85. The number of rotatable bonds is 6. The highest BCUT2D eigenvalue weighted by Gasteiger charge is 2.45. The van der Waals surface area contributed by atoms with Gasteiger partial charge in [0, 0.05) is 16.5 Å². The lowest BCUT2D eigenvalue weighted by Gasteiger charge is -2.51. The van der Waals surface area contributed by atoms with E-state index < -0.39 is 0 Å². The Balaban J connectivity index is 0.00000220. The van der Waals surface area contributed by atoms with Crippen molar-refractivity contribution in [1.29, 1.82) is 0 Å². The largest absolute Gasteiger partial charge is 0.306 e. The van der Waals surface area contributed by atoms with Gasteiger partial charge in [0.05, 0.1) is 0 Å². The van der Waals surface area contributed by atoms with Crippen LogP contribution in [0.15, 0.2) is 24.3 Å². The minimum absolute atomic E-state index is 0. The lowest BCUT2D eigenvalue weighted by atomic mass is 9.59. The molecule has 1 aromatic carbocycles. The molecule has 120 valence electrons. The molecule has 2 rings (SSSR count). The Kier molecular flexibility index (Phi) is 7.03. The molecule has 0 heterocycles. The molecule has 1 aliphatic rings. The van der Waals surface area contributed by atoms with Gasteiger partial charge in [-0.1, -0.05) is 44.0 Å². The van der Waals surface area contributed by atoms with Gasteiger partial charge in [-0.25, -0.2) is 0 Å². The molecule has 1 aromatic rings. The molecule has 0 saturated heterocycles. The Labute approximate surface area is 141 Å². The second-order valence-corrected chi connectivity index (χ2v) is 7.40. The zero-order valence-corrected chi connectivity index (χ0v) is 15.3. The van der Waals surface area contributed by atoms with Gasteiger partial charge in [0.15, 0.2) is 0 Å². The monoisotopic (exact) mass is 329 g/mol. The van der Waals surface area contributed by atoms with Gasteiger partial charge < -0.3 is 4.90 Å². The van der Waals surface area contributed by atoms with Crippen molar-refractivity contribution in [3.63, 3.8) is 0 Å². The Hall–Kier alpha value is -0.240. The molecule has 0 spiro atoms. The summed E-state index contributed by atoms with van der Waals surface area (Å²) in [6.45, 7) is 4.64. The van der Waals surface area contributed by atoms with E-state index in [-0.39, 0.29) is 12.4 Å². The summed E-state index contributed by atoms with van der Waals surface area (Å²) in [7, 11) is 4.47. The maximum absolute atomic E-state index is 6.06. The van der Waals surface area contributed by atoms with Gasteiger partial charge in [-0.05, 0) is 63.4 Å². The maximum Gasteiger partial charge on any atom is 0.0406 e. The molecule has 0 amide bonds. The molecule has 0 aliphatic heterocycles. The van der Waals surface area contributed by atoms with Gasteiger partial charge in [-0.2, -0.15) is 0 Å². The summed E-state index contributed by atoms with van der Waals surface area (Å²) in [6.07, 6.45) is 6.57. The van der Waals surface area contributed by atoms with Crippen molar-refractivity contribution in [2.75, 3.05) is 14.1 Å². The van der Waals surface area contributed by atoms with E-state index in [1.807, 2.05) is 12.1 Å². The Morgan fingerprint density at radius 3 is 2.05 bits per heavy atom. The second-order valence-electron chi connectivity index (χ2n) is 6.97. The van der Waals surface area contributed by atoms with Gasteiger partial charge in [0.2, 0.25) is 0 Å². The van der Waals surface area contributed by atoms with E-state index in [0.29, 0.717) is 11.5 Å². The normalized spacial score (nSPS) is 18.2. The summed E-state index contributed by atoms with van der Waals surface area (Å²) in [5.41, 5.74) is 1.83. The molecular weight excluding hydrogens is 301 g/mol. The first-order valence-electron chi connectivity index (χ1n) is 7.88. The topological polar surface area (TPSA) is 3.24 Å². The summed E-state index contributed by atoms with van der Waals surface area (Å²) in [5, 5.41) is 0.840. The van der Waals surface area contributed by atoms with E-state index in [2.05, 4.69) is 45.0 Å². The molecule has 21 heavy (non-hydrogen) atoms. The van der Waals surface area contributed by atoms with Crippen molar-refractivity contribution in [1.82, 2.24) is 4.90 Å². The van der Waals surface area contributed by atoms with Crippen LogP contribution in [0.5, 0.6) is 0 Å². The molecule has 1 nitrogen and oxygen atoms in total. The van der Waals surface area contributed by atoms with E-state index in [1.165, 1.54) is 37.7 Å². The van der Waals surface area contributed by atoms with Crippen LogP contribution in [0.25, 0.3) is 0 Å². The summed E-state index contributed by atoms with van der Waals surface area (Å²) < 4.78 is 0. The van der Waals surface area contributed by atoms with E-state index in [9.17, 15) is 0 Å². The fraction of sp³-hybridized carbons (Fsp3) is 0.667. The quantitative estimate of drug-likeness (QED) is 0.661. The number of likely N-dealkylation sites (N-methyl/N-ethyl adjacent to an activating group) is 1. The molecule has 1 fully saturated rings. The lowest BCUT2D eigenvalue weighted by Crippen LogP contribution is -2.52. The Bertz CT molecular complexity index is 421. The molecule has 0 N–H and O–H groups in total. The van der Waals surface area contributed by atoms with Crippen molar-refractivity contribution in [2.24, 2.45) is 5.92 Å². The molecule has 1 aliphatic carbocycles. The molecule has 0 aromatic heterocycles. The number of hydrogen-bond donors (Lipinski definition) is 0. The van der Waals surface area contributed by atoms with E-state index in [4.69, 9.17) is 11.6 Å². The van der Waals surface area contributed by atoms with Gasteiger partial charge in [0.1, 0.15) is 0 Å². The van der Waals surface area contributed by atoms with Crippen LogP contribution < -0.4 is 0 Å². The molecule has 0 radical (unpaired) electrons. The summed E-state index contributed by atoms with van der Waals surface area (Å²) in [5.74, 6) is 0.778. The van der Waals surface area contributed by atoms with Gasteiger partial charge in [-0.15, -0.1) is 12.4 Å². The maximum atomic E-state index is 6.06. The average molecular weight is 330 g/mol. The highest BCUT2D eigenvalue weighted by molar-refractivity contribution is 6.30. The SMILES string of the molecule is CC(C)CCC(N(C)C)C1(c2ccc(Cl)cc2)CCC1.Cl. The Morgan fingerprint density at radius 2 is 1.67 bits per heavy atom.